The number of esters is 1. The fourth-order valence-corrected chi connectivity index (χ4v) is 4.32. The normalized spacial score (nSPS) is 10.9. The Morgan fingerprint density at radius 2 is 1.82 bits per heavy atom. The van der Waals surface area contributed by atoms with E-state index in [1.165, 1.54) is 47.4 Å². The van der Waals surface area contributed by atoms with Gasteiger partial charge in [0.2, 0.25) is 0 Å². The smallest absolute Gasteiger partial charge is 0.341 e. The average Bonchev–Trinajstić information content (AvgIpc) is 3.30. The number of anilines is 3. The molecule has 0 aliphatic carbocycles. The Balaban J connectivity index is 1.56. The van der Waals surface area contributed by atoms with E-state index >= 15 is 0 Å². The molecule has 0 spiro atoms. The third-order valence-corrected chi connectivity index (χ3v) is 5.98. The van der Waals surface area contributed by atoms with E-state index in [0.717, 1.165) is 0 Å². The summed E-state index contributed by atoms with van der Waals surface area (Å²) in [6, 6.07) is 14.7. The minimum absolute atomic E-state index is 0.0998. The second-order valence-corrected chi connectivity index (χ2v) is 8.57. The van der Waals surface area contributed by atoms with Gasteiger partial charge in [0.1, 0.15) is 30.2 Å². The number of benzene rings is 2. The summed E-state index contributed by atoms with van der Waals surface area (Å²) < 4.78 is 33.9. The van der Waals surface area contributed by atoms with Crippen molar-refractivity contribution in [3.05, 3.63) is 90.1 Å². The SMILES string of the molecule is CCOC(=O)c1c(-c2ccc(NC(=O)Nc3cc(CF)ccn3)cc2)c2c(N)ncnn2c1-c1cccc(F)c1. The van der Waals surface area contributed by atoms with Crippen LogP contribution in [0.3, 0.4) is 0 Å². The van der Waals surface area contributed by atoms with Gasteiger partial charge in [-0.2, -0.15) is 5.10 Å². The molecule has 2 aromatic carbocycles. The topological polar surface area (TPSA) is 137 Å². The molecule has 10 nitrogen and oxygen atoms in total. The second-order valence-electron chi connectivity index (χ2n) is 8.57. The highest BCUT2D eigenvalue weighted by Gasteiger charge is 2.29. The molecular formula is C28H23F2N7O3. The Labute approximate surface area is 226 Å². The van der Waals surface area contributed by atoms with Crippen LogP contribution >= 0.6 is 0 Å². The van der Waals surface area contributed by atoms with Gasteiger partial charge in [-0.15, -0.1) is 0 Å². The van der Waals surface area contributed by atoms with Crippen LogP contribution in [-0.2, 0) is 11.4 Å². The van der Waals surface area contributed by atoms with Gasteiger partial charge in [-0.3, -0.25) is 5.32 Å². The maximum Gasteiger partial charge on any atom is 0.341 e. The molecule has 0 aliphatic heterocycles. The number of carbonyl (C=O) groups is 2. The largest absolute Gasteiger partial charge is 0.462 e. The van der Waals surface area contributed by atoms with Gasteiger partial charge in [-0.1, -0.05) is 24.3 Å². The number of nitrogens with one attached hydrogen (secondary N) is 2. The molecule has 202 valence electrons. The van der Waals surface area contributed by atoms with Crippen molar-refractivity contribution in [3.63, 3.8) is 0 Å². The standard InChI is InChI=1S/C28H23F2N7O3/c1-2-40-27(38)23-22(25-26(31)33-15-34-37(25)24(23)18-4-3-5-19(30)13-18)17-6-8-20(9-7-17)35-28(39)36-21-12-16(14-29)10-11-32-21/h3-13,15H,2,14H2,1H3,(H2,31,33,34)(H2,32,35,36,39). The number of pyridine rings is 1. The molecule has 0 bridgehead atoms. The fourth-order valence-electron chi connectivity index (χ4n) is 4.32. The number of urea groups is 1. The van der Waals surface area contributed by atoms with Crippen LogP contribution in [0.5, 0.6) is 0 Å². The third-order valence-electron chi connectivity index (χ3n) is 5.98. The number of hydrogen-bond acceptors (Lipinski definition) is 7. The minimum atomic E-state index is -0.681. The molecule has 12 heteroatoms. The van der Waals surface area contributed by atoms with Crippen LogP contribution in [0, 0.1) is 5.82 Å². The number of rotatable bonds is 7. The van der Waals surface area contributed by atoms with Crippen LogP contribution in [0.15, 0.2) is 73.2 Å². The molecule has 5 rings (SSSR count). The van der Waals surface area contributed by atoms with Gasteiger partial charge in [0.05, 0.1) is 17.9 Å². The lowest BCUT2D eigenvalue weighted by Gasteiger charge is -2.10. The Morgan fingerprint density at radius 1 is 1.02 bits per heavy atom. The number of aromatic nitrogens is 4. The van der Waals surface area contributed by atoms with Gasteiger partial charge in [0.25, 0.3) is 0 Å². The van der Waals surface area contributed by atoms with Gasteiger partial charge in [-0.05, 0) is 54.4 Å². The zero-order valence-electron chi connectivity index (χ0n) is 21.2. The summed E-state index contributed by atoms with van der Waals surface area (Å²) in [7, 11) is 0. The maximum absolute atomic E-state index is 14.2. The highest BCUT2D eigenvalue weighted by Crippen LogP contribution is 2.40. The van der Waals surface area contributed by atoms with E-state index in [1.807, 2.05) is 0 Å². The van der Waals surface area contributed by atoms with E-state index in [2.05, 4.69) is 25.7 Å². The lowest BCUT2D eigenvalue weighted by molar-refractivity contribution is 0.0528. The molecular weight excluding hydrogens is 520 g/mol. The van der Waals surface area contributed by atoms with E-state index in [4.69, 9.17) is 10.5 Å². The summed E-state index contributed by atoms with van der Waals surface area (Å²) in [5.41, 5.74) is 9.16. The molecule has 40 heavy (non-hydrogen) atoms. The quantitative estimate of drug-likeness (QED) is 0.232. The molecule has 0 aliphatic rings. The number of amides is 2. The first-order chi connectivity index (χ1) is 19.4. The first-order valence-electron chi connectivity index (χ1n) is 12.2. The summed E-state index contributed by atoms with van der Waals surface area (Å²) in [5.74, 6) is -0.843. The zero-order valence-corrected chi connectivity index (χ0v) is 21.2. The van der Waals surface area contributed by atoms with Crippen molar-refractivity contribution in [2.45, 2.75) is 13.6 Å². The van der Waals surface area contributed by atoms with Crippen LogP contribution < -0.4 is 16.4 Å². The lowest BCUT2D eigenvalue weighted by atomic mass is 9.98. The predicted octanol–water partition coefficient (Wildman–Crippen LogP) is 5.47. The van der Waals surface area contributed by atoms with Crippen molar-refractivity contribution < 1.29 is 23.1 Å². The van der Waals surface area contributed by atoms with Crippen LogP contribution in [0.4, 0.5) is 30.9 Å². The number of halogens is 2. The number of nitrogen functional groups attached to an aromatic ring is 1. The van der Waals surface area contributed by atoms with Gasteiger partial charge in [0, 0.05) is 23.0 Å². The van der Waals surface area contributed by atoms with Crippen molar-refractivity contribution in [1.29, 1.82) is 0 Å². The molecule has 4 N–H and O–H groups in total. The summed E-state index contributed by atoms with van der Waals surface area (Å²) in [6.07, 6.45) is 2.64. The Bertz CT molecular complexity index is 1720. The molecule has 3 heterocycles. The van der Waals surface area contributed by atoms with E-state index in [0.29, 0.717) is 39.2 Å². The molecule has 0 saturated heterocycles. The molecule has 3 aromatic heterocycles. The first-order valence-corrected chi connectivity index (χ1v) is 12.2. The van der Waals surface area contributed by atoms with Crippen molar-refractivity contribution >= 4 is 34.8 Å². The molecule has 0 radical (unpaired) electrons. The first kappa shape index (κ1) is 26.2. The van der Waals surface area contributed by atoms with Crippen LogP contribution in [0.2, 0.25) is 0 Å². The van der Waals surface area contributed by atoms with E-state index in [-0.39, 0.29) is 23.8 Å². The van der Waals surface area contributed by atoms with Crippen molar-refractivity contribution in [1.82, 2.24) is 19.6 Å². The lowest BCUT2D eigenvalue weighted by Crippen LogP contribution is -2.20. The Morgan fingerprint density at radius 3 is 2.55 bits per heavy atom. The molecule has 0 fully saturated rings. The molecule has 2 amide bonds. The number of nitrogens with two attached hydrogens (primary N) is 1. The Kier molecular flexibility index (Phi) is 7.31. The van der Waals surface area contributed by atoms with Gasteiger partial charge < -0.3 is 15.8 Å². The zero-order chi connectivity index (χ0) is 28.2. The minimum Gasteiger partial charge on any atom is -0.462 e. The van der Waals surface area contributed by atoms with E-state index in [1.54, 1.807) is 37.3 Å². The molecule has 0 saturated carbocycles. The van der Waals surface area contributed by atoms with Crippen LogP contribution in [0.1, 0.15) is 22.8 Å². The third kappa shape index (κ3) is 5.14. The number of alkyl halides is 1. The van der Waals surface area contributed by atoms with Gasteiger partial charge in [0.15, 0.2) is 5.82 Å². The maximum atomic E-state index is 14.2. The number of nitrogens with zero attached hydrogens (tertiary/aromatic N) is 4. The summed E-state index contributed by atoms with van der Waals surface area (Å²) >= 11 is 0. The Hall–Kier alpha value is -5.39. The number of fused-ring (bicyclic) bond motifs is 1. The summed E-state index contributed by atoms with van der Waals surface area (Å²) in [5, 5.41) is 9.54. The number of carbonyl (C=O) groups excluding carboxylic acids is 2. The predicted molar refractivity (Wildman–Crippen MR) is 146 cm³/mol. The van der Waals surface area contributed by atoms with Crippen molar-refractivity contribution in [2.24, 2.45) is 0 Å². The molecule has 0 atom stereocenters. The number of hydrogen-bond donors (Lipinski definition) is 3. The molecule has 0 unspecified atom stereocenters. The van der Waals surface area contributed by atoms with Gasteiger partial charge >= 0.3 is 12.0 Å². The van der Waals surface area contributed by atoms with Crippen molar-refractivity contribution in [3.8, 4) is 22.4 Å². The average molecular weight is 544 g/mol. The van der Waals surface area contributed by atoms with Crippen LogP contribution in [-0.4, -0.2) is 38.2 Å². The van der Waals surface area contributed by atoms with Gasteiger partial charge in [-0.25, -0.2) is 32.9 Å². The highest BCUT2D eigenvalue weighted by molar-refractivity contribution is 6.10. The van der Waals surface area contributed by atoms with E-state index in [9.17, 15) is 18.4 Å². The summed E-state index contributed by atoms with van der Waals surface area (Å²) in [6.45, 7) is 1.10. The highest BCUT2D eigenvalue weighted by atomic mass is 19.1. The fraction of sp³-hybridized carbons (Fsp3) is 0.107. The van der Waals surface area contributed by atoms with E-state index < -0.39 is 24.5 Å². The summed E-state index contributed by atoms with van der Waals surface area (Å²) in [4.78, 5) is 33.9. The van der Waals surface area contributed by atoms with Crippen molar-refractivity contribution in [2.75, 3.05) is 23.0 Å². The van der Waals surface area contributed by atoms with Crippen LogP contribution in [0.25, 0.3) is 27.9 Å². The second kappa shape index (κ2) is 11.2. The number of ether oxygens (including phenoxy) is 1. The molecule has 5 aromatic rings. The monoisotopic (exact) mass is 543 g/mol.